The molecule has 0 bridgehead atoms. The molecule has 1 heterocycles. The molecule has 110 valence electrons. The molecule has 2 rings (SSSR count). The van der Waals surface area contributed by atoms with Crippen molar-refractivity contribution in [2.45, 2.75) is 39.5 Å². The molecule has 3 nitrogen and oxygen atoms in total. The summed E-state index contributed by atoms with van der Waals surface area (Å²) in [5.74, 6) is 0.709. The molecule has 0 saturated carbocycles. The van der Waals surface area contributed by atoms with Gasteiger partial charge in [0.15, 0.2) is 0 Å². The van der Waals surface area contributed by atoms with E-state index in [1.54, 1.807) is 0 Å². The minimum Gasteiger partial charge on any atom is -0.325 e. The van der Waals surface area contributed by atoms with Gasteiger partial charge >= 0.3 is 0 Å². The predicted molar refractivity (Wildman–Crippen MR) is 84.1 cm³/mol. The van der Waals surface area contributed by atoms with Gasteiger partial charge in [0.2, 0.25) is 5.91 Å². The minimum atomic E-state index is 0.119. The summed E-state index contributed by atoms with van der Waals surface area (Å²) >= 11 is 0. The molecule has 1 aliphatic rings. The summed E-state index contributed by atoms with van der Waals surface area (Å²) in [6, 6.07) is 6.24. The summed E-state index contributed by atoms with van der Waals surface area (Å²) < 4.78 is 0. The Morgan fingerprint density at radius 1 is 1.40 bits per heavy atom. The van der Waals surface area contributed by atoms with Gasteiger partial charge in [-0.3, -0.25) is 4.79 Å². The van der Waals surface area contributed by atoms with Gasteiger partial charge in [0, 0.05) is 12.2 Å². The van der Waals surface area contributed by atoms with Crippen LogP contribution >= 0.6 is 0 Å². The SMILES string of the molecule is Cc1cccc(C(C)C)c1NC(=O)[C@@H]1CCCN(C)C1. The Labute approximate surface area is 122 Å². The summed E-state index contributed by atoms with van der Waals surface area (Å²) in [5, 5.41) is 3.18. The van der Waals surface area contributed by atoms with E-state index in [4.69, 9.17) is 0 Å². The standard InChI is InChI=1S/C17H26N2O/c1-12(2)15-9-5-7-13(3)16(15)18-17(20)14-8-6-10-19(4)11-14/h5,7,9,12,14H,6,8,10-11H2,1-4H3,(H,18,20)/t14-/m1/s1. The van der Waals surface area contributed by atoms with Gasteiger partial charge in [0.05, 0.1) is 5.92 Å². The van der Waals surface area contributed by atoms with Gasteiger partial charge in [-0.2, -0.15) is 0 Å². The Bertz CT molecular complexity index is 482. The van der Waals surface area contributed by atoms with Gasteiger partial charge in [0.25, 0.3) is 0 Å². The first-order valence-electron chi connectivity index (χ1n) is 7.58. The maximum atomic E-state index is 12.5. The fourth-order valence-electron chi connectivity index (χ4n) is 2.95. The second-order valence-electron chi connectivity index (χ2n) is 6.28. The van der Waals surface area contributed by atoms with E-state index in [2.05, 4.69) is 56.2 Å². The maximum Gasteiger partial charge on any atom is 0.228 e. The first kappa shape index (κ1) is 15.0. The number of benzene rings is 1. The Morgan fingerprint density at radius 2 is 2.15 bits per heavy atom. The molecular weight excluding hydrogens is 248 g/mol. The van der Waals surface area contributed by atoms with E-state index < -0.39 is 0 Å². The Balaban J connectivity index is 2.15. The first-order valence-corrected chi connectivity index (χ1v) is 7.58. The lowest BCUT2D eigenvalue weighted by molar-refractivity contribution is -0.121. The lowest BCUT2D eigenvalue weighted by Crippen LogP contribution is -2.38. The minimum absolute atomic E-state index is 0.119. The molecule has 1 aromatic rings. The summed E-state index contributed by atoms with van der Waals surface area (Å²) in [5.41, 5.74) is 3.39. The second kappa shape index (κ2) is 6.40. The van der Waals surface area contributed by atoms with Gasteiger partial charge < -0.3 is 10.2 Å². The highest BCUT2D eigenvalue weighted by Gasteiger charge is 2.25. The summed E-state index contributed by atoms with van der Waals surface area (Å²) in [7, 11) is 2.09. The molecule has 0 radical (unpaired) electrons. The molecule has 3 heteroatoms. The monoisotopic (exact) mass is 274 g/mol. The van der Waals surface area contributed by atoms with Gasteiger partial charge in [-0.05, 0) is 50.4 Å². The number of amides is 1. The number of hydrogen-bond donors (Lipinski definition) is 1. The predicted octanol–water partition coefficient (Wildman–Crippen LogP) is 3.40. The third kappa shape index (κ3) is 3.40. The number of carbonyl (C=O) groups excluding carboxylic acids is 1. The lowest BCUT2D eigenvalue weighted by Gasteiger charge is -2.29. The number of carbonyl (C=O) groups is 1. The Morgan fingerprint density at radius 3 is 2.80 bits per heavy atom. The van der Waals surface area contributed by atoms with Crippen LogP contribution < -0.4 is 5.32 Å². The van der Waals surface area contributed by atoms with Crippen LogP contribution in [0.4, 0.5) is 5.69 Å². The van der Waals surface area contributed by atoms with Crippen molar-refractivity contribution in [3.8, 4) is 0 Å². The third-order valence-electron chi connectivity index (χ3n) is 4.17. The molecule has 20 heavy (non-hydrogen) atoms. The average molecular weight is 274 g/mol. The van der Waals surface area contributed by atoms with E-state index in [9.17, 15) is 4.79 Å². The van der Waals surface area contributed by atoms with E-state index in [1.807, 2.05) is 0 Å². The van der Waals surface area contributed by atoms with Crippen molar-refractivity contribution in [3.63, 3.8) is 0 Å². The quantitative estimate of drug-likeness (QED) is 0.916. The van der Waals surface area contributed by atoms with Crippen molar-refractivity contribution in [2.24, 2.45) is 5.92 Å². The molecular formula is C17H26N2O. The number of anilines is 1. The molecule has 1 saturated heterocycles. The van der Waals surface area contributed by atoms with Crippen molar-refractivity contribution in [1.29, 1.82) is 0 Å². The van der Waals surface area contributed by atoms with Gasteiger partial charge in [-0.15, -0.1) is 0 Å². The van der Waals surface area contributed by atoms with E-state index >= 15 is 0 Å². The molecule has 0 aromatic heterocycles. The average Bonchev–Trinajstić information content (AvgIpc) is 2.40. The molecule has 1 atom stereocenters. The van der Waals surface area contributed by atoms with Crippen LogP contribution in [0.3, 0.4) is 0 Å². The van der Waals surface area contributed by atoms with E-state index in [-0.39, 0.29) is 11.8 Å². The topological polar surface area (TPSA) is 32.3 Å². The molecule has 1 N–H and O–H groups in total. The smallest absolute Gasteiger partial charge is 0.228 e. The van der Waals surface area contributed by atoms with Crippen molar-refractivity contribution in [2.75, 3.05) is 25.5 Å². The van der Waals surface area contributed by atoms with Crippen LogP contribution in [0.25, 0.3) is 0 Å². The number of nitrogens with zero attached hydrogens (tertiary/aromatic N) is 1. The number of nitrogens with one attached hydrogen (secondary N) is 1. The van der Waals surface area contributed by atoms with E-state index in [0.717, 1.165) is 37.2 Å². The zero-order valence-corrected chi connectivity index (χ0v) is 13.1. The van der Waals surface area contributed by atoms with Gasteiger partial charge in [-0.1, -0.05) is 32.0 Å². The summed E-state index contributed by atoms with van der Waals surface area (Å²) in [6.07, 6.45) is 2.11. The summed E-state index contributed by atoms with van der Waals surface area (Å²) in [6.45, 7) is 8.37. The fraction of sp³-hybridized carbons (Fsp3) is 0.588. The lowest BCUT2D eigenvalue weighted by atomic mass is 9.95. The molecule has 0 unspecified atom stereocenters. The molecule has 1 aliphatic heterocycles. The van der Waals surface area contributed by atoms with Crippen molar-refractivity contribution in [1.82, 2.24) is 4.90 Å². The fourth-order valence-corrected chi connectivity index (χ4v) is 2.95. The largest absolute Gasteiger partial charge is 0.325 e. The highest BCUT2D eigenvalue weighted by Crippen LogP contribution is 2.28. The molecule has 1 amide bonds. The van der Waals surface area contributed by atoms with Crippen LogP contribution in [0.1, 0.15) is 43.7 Å². The number of rotatable bonds is 3. The number of para-hydroxylation sites is 1. The molecule has 1 aromatic carbocycles. The van der Waals surface area contributed by atoms with Gasteiger partial charge in [-0.25, -0.2) is 0 Å². The number of hydrogen-bond acceptors (Lipinski definition) is 2. The summed E-state index contributed by atoms with van der Waals surface area (Å²) in [4.78, 5) is 14.7. The zero-order chi connectivity index (χ0) is 14.7. The van der Waals surface area contributed by atoms with Crippen molar-refractivity contribution < 1.29 is 4.79 Å². The highest BCUT2D eigenvalue weighted by atomic mass is 16.1. The number of piperidine rings is 1. The zero-order valence-electron chi connectivity index (χ0n) is 13.1. The second-order valence-corrected chi connectivity index (χ2v) is 6.28. The van der Waals surface area contributed by atoms with Crippen LogP contribution in [-0.4, -0.2) is 30.9 Å². The van der Waals surface area contributed by atoms with Crippen LogP contribution in [0.2, 0.25) is 0 Å². The third-order valence-corrected chi connectivity index (χ3v) is 4.17. The van der Waals surface area contributed by atoms with Crippen molar-refractivity contribution in [3.05, 3.63) is 29.3 Å². The number of likely N-dealkylation sites (tertiary alicyclic amines) is 1. The van der Waals surface area contributed by atoms with Crippen LogP contribution in [-0.2, 0) is 4.79 Å². The van der Waals surface area contributed by atoms with Gasteiger partial charge in [0.1, 0.15) is 0 Å². The highest BCUT2D eigenvalue weighted by molar-refractivity contribution is 5.94. The van der Waals surface area contributed by atoms with Crippen molar-refractivity contribution >= 4 is 11.6 Å². The molecule has 0 aliphatic carbocycles. The Kier molecular flexibility index (Phi) is 4.81. The van der Waals surface area contributed by atoms with E-state index in [0.29, 0.717) is 5.92 Å². The number of aryl methyl sites for hydroxylation is 1. The first-order chi connectivity index (χ1) is 9.49. The van der Waals surface area contributed by atoms with Crippen LogP contribution in [0.15, 0.2) is 18.2 Å². The van der Waals surface area contributed by atoms with Crippen LogP contribution in [0, 0.1) is 12.8 Å². The maximum absolute atomic E-state index is 12.5. The van der Waals surface area contributed by atoms with E-state index in [1.165, 1.54) is 5.56 Å². The Hall–Kier alpha value is -1.35. The molecule has 1 fully saturated rings. The molecule has 0 spiro atoms. The normalized spacial score (nSPS) is 20.1. The van der Waals surface area contributed by atoms with Crippen LogP contribution in [0.5, 0.6) is 0 Å².